The zero-order valence-corrected chi connectivity index (χ0v) is 11.4. The molecule has 2 rings (SSSR count). The van der Waals surface area contributed by atoms with Crippen LogP contribution in [0.2, 0.25) is 0 Å². The lowest BCUT2D eigenvalue weighted by molar-refractivity contribution is 0.412. The van der Waals surface area contributed by atoms with Gasteiger partial charge in [0.2, 0.25) is 0 Å². The monoisotopic (exact) mass is 308 g/mol. The molecule has 4 nitrogen and oxygen atoms in total. The number of benzene rings is 2. The molecule has 0 aliphatic rings. The lowest BCUT2D eigenvalue weighted by Gasteiger charge is -2.10. The average molecular weight is 309 g/mol. The van der Waals surface area contributed by atoms with Crippen LogP contribution < -0.4 is 20.9 Å². The minimum absolute atomic E-state index is 0.497. The van der Waals surface area contributed by atoms with Crippen LogP contribution in [0.4, 0.5) is 11.4 Å². The molecule has 0 saturated heterocycles. The van der Waals surface area contributed by atoms with Crippen LogP contribution in [0.1, 0.15) is 0 Å². The average Bonchev–Trinajstić information content (AvgIpc) is 2.36. The predicted octanol–water partition coefficient (Wildman–Crippen LogP) is 3.41. The van der Waals surface area contributed by atoms with Crippen molar-refractivity contribution < 1.29 is 9.47 Å². The van der Waals surface area contributed by atoms with Crippen molar-refractivity contribution in [3.8, 4) is 17.2 Å². The Kier molecular flexibility index (Phi) is 3.62. The Balaban J connectivity index is 2.25. The number of methoxy groups -OCH3 is 1. The van der Waals surface area contributed by atoms with Gasteiger partial charge in [-0.15, -0.1) is 0 Å². The van der Waals surface area contributed by atoms with E-state index >= 15 is 0 Å². The molecule has 2 aromatic carbocycles. The molecule has 94 valence electrons. The molecule has 2 aromatic rings. The first-order chi connectivity index (χ1) is 8.60. The first-order valence-corrected chi connectivity index (χ1v) is 6.06. The predicted molar refractivity (Wildman–Crippen MR) is 76.0 cm³/mol. The van der Waals surface area contributed by atoms with Gasteiger partial charge in [-0.05, 0) is 46.3 Å². The SMILES string of the molecule is COc1ccc(Oc2ccc(N)c(N)c2)c(Br)c1. The summed E-state index contributed by atoms with van der Waals surface area (Å²) in [5.41, 5.74) is 12.4. The summed E-state index contributed by atoms with van der Waals surface area (Å²) < 4.78 is 11.6. The van der Waals surface area contributed by atoms with Gasteiger partial charge >= 0.3 is 0 Å². The van der Waals surface area contributed by atoms with Crippen molar-refractivity contribution in [2.75, 3.05) is 18.6 Å². The molecule has 0 amide bonds. The van der Waals surface area contributed by atoms with Gasteiger partial charge < -0.3 is 20.9 Å². The first-order valence-electron chi connectivity index (χ1n) is 5.26. The molecule has 0 radical (unpaired) electrons. The highest BCUT2D eigenvalue weighted by atomic mass is 79.9. The Morgan fingerprint density at radius 3 is 2.28 bits per heavy atom. The molecule has 0 heterocycles. The second kappa shape index (κ2) is 5.18. The third kappa shape index (κ3) is 2.68. The number of ether oxygens (including phenoxy) is 2. The van der Waals surface area contributed by atoms with Crippen molar-refractivity contribution in [1.82, 2.24) is 0 Å². The zero-order chi connectivity index (χ0) is 13.1. The van der Waals surface area contributed by atoms with Crippen LogP contribution in [0, 0.1) is 0 Å². The van der Waals surface area contributed by atoms with Crippen LogP contribution in [-0.4, -0.2) is 7.11 Å². The van der Waals surface area contributed by atoms with E-state index in [4.69, 9.17) is 20.9 Å². The quantitative estimate of drug-likeness (QED) is 0.852. The summed E-state index contributed by atoms with van der Waals surface area (Å²) in [5, 5.41) is 0. The minimum atomic E-state index is 0.497. The Morgan fingerprint density at radius 2 is 1.67 bits per heavy atom. The normalized spacial score (nSPS) is 10.1. The summed E-state index contributed by atoms with van der Waals surface area (Å²) in [6.45, 7) is 0. The minimum Gasteiger partial charge on any atom is -0.497 e. The molecule has 0 bridgehead atoms. The highest BCUT2D eigenvalue weighted by Crippen LogP contribution is 2.33. The van der Waals surface area contributed by atoms with E-state index in [-0.39, 0.29) is 0 Å². The lowest BCUT2D eigenvalue weighted by Crippen LogP contribution is -1.95. The number of nitrogens with two attached hydrogens (primary N) is 2. The van der Waals surface area contributed by atoms with E-state index in [9.17, 15) is 0 Å². The van der Waals surface area contributed by atoms with Crippen molar-refractivity contribution >= 4 is 27.3 Å². The van der Waals surface area contributed by atoms with Gasteiger partial charge in [0.15, 0.2) is 0 Å². The summed E-state index contributed by atoms with van der Waals surface area (Å²) in [6, 6.07) is 10.6. The molecular weight excluding hydrogens is 296 g/mol. The standard InChI is InChI=1S/C13H13BrN2O2/c1-17-8-3-5-13(10(14)6-8)18-9-2-4-11(15)12(16)7-9/h2-7H,15-16H2,1H3. The van der Waals surface area contributed by atoms with Gasteiger partial charge in [0, 0.05) is 6.07 Å². The topological polar surface area (TPSA) is 70.5 Å². The molecule has 4 N–H and O–H groups in total. The highest BCUT2D eigenvalue weighted by Gasteiger charge is 2.05. The molecule has 0 spiro atoms. The second-order valence-corrected chi connectivity index (χ2v) is 4.54. The summed E-state index contributed by atoms with van der Waals surface area (Å²) in [5.74, 6) is 2.07. The van der Waals surface area contributed by atoms with E-state index in [1.807, 2.05) is 18.2 Å². The van der Waals surface area contributed by atoms with E-state index in [0.29, 0.717) is 22.9 Å². The van der Waals surface area contributed by atoms with Gasteiger partial charge in [0.1, 0.15) is 17.2 Å². The Hall–Kier alpha value is -1.88. The summed E-state index contributed by atoms with van der Waals surface area (Å²) >= 11 is 3.42. The van der Waals surface area contributed by atoms with E-state index in [2.05, 4.69) is 15.9 Å². The van der Waals surface area contributed by atoms with Crippen LogP contribution in [-0.2, 0) is 0 Å². The third-order valence-electron chi connectivity index (χ3n) is 2.43. The maximum Gasteiger partial charge on any atom is 0.141 e. The number of rotatable bonds is 3. The van der Waals surface area contributed by atoms with Gasteiger partial charge in [-0.2, -0.15) is 0 Å². The largest absolute Gasteiger partial charge is 0.497 e. The number of hydrogen-bond donors (Lipinski definition) is 2. The van der Waals surface area contributed by atoms with Crippen molar-refractivity contribution in [3.05, 3.63) is 40.9 Å². The fourth-order valence-corrected chi connectivity index (χ4v) is 1.87. The van der Waals surface area contributed by atoms with Crippen LogP contribution in [0.15, 0.2) is 40.9 Å². The van der Waals surface area contributed by atoms with Gasteiger partial charge in [-0.3, -0.25) is 0 Å². The third-order valence-corrected chi connectivity index (χ3v) is 3.04. The van der Waals surface area contributed by atoms with Crippen LogP contribution in [0.3, 0.4) is 0 Å². The molecule has 0 aliphatic carbocycles. The fraction of sp³-hybridized carbons (Fsp3) is 0.0769. The van der Waals surface area contributed by atoms with Crippen molar-refractivity contribution in [2.45, 2.75) is 0 Å². The number of hydrogen-bond acceptors (Lipinski definition) is 4. The maximum absolute atomic E-state index is 5.72. The Bertz CT molecular complexity index is 573. The van der Waals surface area contributed by atoms with Crippen LogP contribution in [0.25, 0.3) is 0 Å². The number of nitrogen functional groups attached to an aromatic ring is 2. The van der Waals surface area contributed by atoms with E-state index in [1.54, 1.807) is 25.3 Å². The van der Waals surface area contributed by atoms with Crippen LogP contribution >= 0.6 is 15.9 Å². The van der Waals surface area contributed by atoms with Gasteiger partial charge in [-0.25, -0.2) is 0 Å². The second-order valence-electron chi connectivity index (χ2n) is 3.69. The summed E-state index contributed by atoms with van der Waals surface area (Å²) in [4.78, 5) is 0. The van der Waals surface area contributed by atoms with Crippen molar-refractivity contribution in [1.29, 1.82) is 0 Å². The number of anilines is 2. The van der Waals surface area contributed by atoms with Gasteiger partial charge in [0.05, 0.1) is 23.0 Å². The molecule has 0 saturated carbocycles. The smallest absolute Gasteiger partial charge is 0.141 e. The molecule has 0 unspecified atom stereocenters. The van der Waals surface area contributed by atoms with E-state index < -0.39 is 0 Å². The lowest BCUT2D eigenvalue weighted by atomic mass is 10.2. The molecule has 0 fully saturated rings. The molecular formula is C13H13BrN2O2. The van der Waals surface area contributed by atoms with Crippen molar-refractivity contribution in [2.24, 2.45) is 0 Å². The molecule has 0 atom stereocenters. The Morgan fingerprint density at radius 1 is 0.944 bits per heavy atom. The molecule has 5 heteroatoms. The summed E-state index contributed by atoms with van der Waals surface area (Å²) in [6.07, 6.45) is 0. The van der Waals surface area contributed by atoms with Gasteiger partial charge in [0.25, 0.3) is 0 Å². The van der Waals surface area contributed by atoms with E-state index in [0.717, 1.165) is 10.2 Å². The summed E-state index contributed by atoms with van der Waals surface area (Å²) in [7, 11) is 1.61. The maximum atomic E-state index is 5.72. The molecule has 0 aromatic heterocycles. The number of halogens is 1. The fourth-order valence-electron chi connectivity index (χ4n) is 1.43. The molecule has 0 aliphatic heterocycles. The van der Waals surface area contributed by atoms with Gasteiger partial charge in [-0.1, -0.05) is 0 Å². The first kappa shape index (κ1) is 12.6. The highest BCUT2D eigenvalue weighted by molar-refractivity contribution is 9.10. The van der Waals surface area contributed by atoms with Crippen molar-refractivity contribution in [3.63, 3.8) is 0 Å². The molecule has 18 heavy (non-hydrogen) atoms. The Labute approximate surface area is 114 Å². The zero-order valence-electron chi connectivity index (χ0n) is 9.81. The van der Waals surface area contributed by atoms with E-state index in [1.165, 1.54) is 0 Å². The van der Waals surface area contributed by atoms with Crippen LogP contribution in [0.5, 0.6) is 17.2 Å².